The molecular weight excluding hydrogens is 220 g/mol. The van der Waals surface area contributed by atoms with Gasteiger partial charge in [-0.1, -0.05) is 12.1 Å². The maximum atomic E-state index is 5.65. The molecule has 1 fully saturated rings. The minimum atomic E-state index is -0.126. The third-order valence-corrected chi connectivity index (χ3v) is 2.58. The molecular formula is C13H18O4. The molecule has 1 aliphatic heterocycles. The van der Waals surface area contributed by atoms with Gasteiger partial charge in [0.1, 0.15) is 0 Å². The third kappa shape index (κ3) is 3.61. The van der Waals surface area contributed by atoms with Crippen LogP contribution in [-0.4, -0.2) is 33.2 Å². The summed E-state index contributed by atoms with van der Waals surface area (Å²) >= 11 is 0. The fraction of sp³-hybridized carbons (Fsp3) is 0.538. The lowest BCUT2D eigenvalue weighted by atomic mass is 10.3. The van der Waals surface area contributed by atoms with Crippen LogP contribution in [0.5, 0.6) is 11.5 Å². The second kappa shape index (κ2) is 6.47. The topological polar surface area (TPSA) is 36.9 Å². The maximum absolute atomic E-state index is 5.65. The smallest absolute Gasteiger partial charge is 0.161 e. The highest BCUT2D eigenvalue weighted by atomic mass is 16.7. The van der Waals surface area contributed by atoms with Crippen molar-refractivity contribution < 1.29 is 18.9 Å². The molecule has 0 amide bonds. The number of methoxy groups -OCH3 is 1. The van der Waals surface area contributed by atoms with Crippen molar-refractivity contribution in [2.24, 2.45) is 0 Å². The summed E-state index contributed by atoms with van der Waals surface area (Å²) in [6.45, 7) is 2.11. The van der Waals surface area contributed by atoms with E-state index in [2.05, 4.69) is 0 Å². The molecule has 0 atom stereocenters. The Kier molecular flexibility index (Phi) is 4.64. The first-order valence-corrected chi connectivity index (χ1v) is 5.89. The largest absolute Gasteiger partial charge is 0.493 e. The highest BCUT2D eigenvalue weighted by molar-refractivity contribution is 5.39. The molecule has 0 aliphatic carbocycles. The summed E-state index contributed by atoms with van der Waals surface area (Å²) in [6.07, 6.45) is 1.58. The van der Waals surface area contributed by atoms with E-state index in [4.69, 9.17) is 18.9 Å². The average molecular weight is 238 g/mol. The van der Waals surface area contributed by atoms with E-state index >= 15 is 0 Å². The Morgan fingerprint density at radius 3 is 2.59 bits per heavy atom. The number of ether oxygens (including phenoxy) is 4. The molecule has 0 radical (unpaired) electrons. The predicted octanol–water partition coefficient (Wildman–Crippen LogP) is 2.23. The van der Waals surface area contributed by atoms with Gasteiger partial charge in [0.15, 0.2) is 17.8 Å². The highest BCUT2D eigenvalue weighted by Crippen LogP contribution is 2.26. The lowest BCUT2D eigenvalue weighted by Gasteiger charge is -2.23. The average Bonchev–Trinajstić information content (AvgIpc) is 2.40. The zero-order valence-electron chi connectivity index (χ0n) is 10.1. The van der Waals surface area contributed by atoms with Crippen molar-refractivity contribution in [2.45, 2.75) is 19.1 Å². The van der Waals surface area contributed by atoms with Crippen LogP contribution in [0.4, 0.5) is 0 Å². The minimum absolute atomic E-state index is 0.126. The Morgan fingerprint density at radius 2 is 1.88 bits per heavy atom. The Morgan fingerprint density at radius 1 is 1.18 bits per heavy atom. The highest BCUT2D eigenvalue weighted by Gasteiger charge is 2.14. The zero-order chi connectivity index (χ0) is 11.9. The standard InChI is InChI=1S/C13H18O4/c1-14-11-5-2-3-6-12(11)15-10-7-13-16-8-4-9-17-13/h2-3,5-6,13H,4,7-10H2,1H3. The van der Waals surface area contributed by atoms with Gasteiger partial charge in [-0.15, -0.1) is 0 Å². The Labute approximate surface area is 101 Å². The summed E-state index contributed by atoms with van der Waals surface area (Å²) in [5, 5.41) is 0. The van der Waals surface area contributed by atoms with Crippen LogP contribution < -0.4 is 9.47 Å². The molecule has 1 heterocycles. The van der Waals surface area contributed by atoms with Crippen LogP contribution in [0.2, 0.25) is 0 Å². The van der Waals surface area contributed by atoms with Crippen molar-refractivity contribution >= 4 is 0 Å². The van der Waals surface area contributed by atoms with Gasteiger partial charge < -0.3 is 18.9 Å². The fourth-order valence-electron chi connectivity index (χ4n) is 1.71. The molecule has 1 aliphatic rings. The third-order valence-electron chi connectivity index (χ3n) is 2.58. The van der Waals surface area contributed by atoms with Crippen LogP contribution in [0.25, 0.3) is 0 Å². The maximum Gasteiger partial charge on any atom is 0.161 e. The zero-order valence-corrected chi connectivity index (χ0v) is 10.1. The lowest BCUT2D eigenvalue weighted by molar-refractivity contribution is -0.183. The molecule has 2 rings (SSSR count). The van der Waals surface area contributed by atoms with E-state index in [1.54, 1.807) is 7.11 Å². The summed E-state index contributed by atoms with van der Waals surface area (Å²) in [5.41, 5.74) is 0. The predicted molar refractivity (Wildman–Crippen MR) is 63.4 cm³/mol. The number of rotatable bonds is 5. The molecule has 0 spiro atoms. The van der Waals surface area contributed by atoms with Gasteiger partial charge in [0.05, 0.1) is 26.9 Å². The molecule has 0 unspecified atom stereocenters. The van der Waals surface area contributed by atoms with E-state index in [0.29, 0.717) is 6.61 Å². The summed E-state index contributed by atoms with van der Waals surface area (Å²) in [4.78, 5) is 0. The van der Waals surface area contributed by atoms with Crippen LogP contribution >= 0.6 is 0 Å². The first kappa shape index (κ1) is 12.2. The molecule has 1 saturated heterocycles. The monoisotopic (exact) mass is 238 g/mol. The van der Waals surface area contributed by atoms with Crippen LogP contribution in [-0.2, 0) is 9.47 Å². The first-order chi connectivity index (χ1) is 8.40. The molecule has 0 bridgehead atoms. The van der Waals surface area contributed by atoms with Gasteiger partial charge in [-0.25, -0.2) is 0 Å². The van der Waals surface area contributed by atoms with E-state index < -0.39 is 0 Å². The molecule has 4 nitrogen and oxygen atoms in total. The first-order valence-electron chi connectivity index (χ1n) is 5.89. The Hall–Kier alpha value is -1.26. The summed E-state index contributed by atoms with van der Waals surface area (Å²) in [5.74, 6) is 1.50. The number of benzene rings is 1. The lowest BCUT2D eigenvalue weighted by Crippen LogP contribution is -2.26. The van der Waals surface area contributed by atoms with Gasteiger partial charge in [-0.3, -0.25) is 0 Å². The van der Waals surface area contributed by atoms with Crippen molar-refractivity contribution in [1.29, 1.82) is 0 Å². The Balaban J connectivity index is 1.77. The number of hydrogen-bond donors (Lipinski definition) is 0. The summed E-state index contributed by atoms with van der Waals surface area (Å²) in [7, 11) is 1.63. The van der Waals surface area contributed by atoms with Crippen LogP contribution in [0.3, 0.4) is 0 Å². The van der Waals surface area contributed by atoms with Gasteiger partial charge in [0.25, 0.3) is 0 Å². The van der Waals surface area contributed by atoms with Crippen molar-refractivity contribution in [1.82, 2.24) is 0 Å². The van der Waals surface area contributed by atoms with Crippen LogP contribution in [0.15, 0.2) is 24.3 Å². The van der Waals surface area contributed by atoms with Gasteiger partial charge >= 0.3 is 0 Å². The van der Waals surface area contributed by atoms with Crippen molar-refractivity contribution in [3.63, 3.8) is 0 Å². The number of hydrogen-bond acceptors (Lipinski definition) is 4. The van der Waals surface area contributed by atoms with Gasteiger partial charge in [0.2, 0.25) is 0 Å². The van der Waals surface area contributed by atoms with E-state index in [1.807, 2.05) is 24.3 Å². The molecule has 1 aromatic rings. The SMILES string of the molecule is COc1ccccc1OCCC1OCCCO1. The summed E-state index contributed by atoms with van der Waals surface area (Å²) in [6, 6.07) is 7.61. The van der Waals surface area contributed by atoms with E-state index in [1.165, 1.54) is 0 Å². The fourth-order valence-corrected chi connectivity index (χ4v) is 1.71. The van der Waals surface area contributed by atoms with Gasteiger partial charge in [0, 0.05) is 6.42 Å². The van der Waals surface area contributed by atoms with Crippen LogP contribution in [0, 0.1) is 0 Å². The molecule has 94 valence electrons. The molecule has 0 aromatic heterocycles. The molecule has 17 heavy (non-hydrogen) atoms. The van der Waals surface area contributed by atoms with E-state index in [-0.39, 0.29) is 6.29 Å². The molecule has 0 saturated carbocycles. The normalized spacial score (nSPS) is 16.8. The summed E-state index contributed by atoms with van der Waals surface area (Å²) < 4.78 is 21.7. The van der Waals surface area contributed by atoms with E-state index in [9.17, 15) is 0 Å². The number of para-hydroxylation sites is 2. The van der Waals surface area contributed by atoms with Gasteiger partial charge in [-0.2, -0.15) is 0 Å². The Bertz CT molecular complexity index is 334. The second-order valence-corrected chi connectivity index (χ2v) is 3.81. The van der Waals surface area contributed by atoms with Crippen molar-refractivity contribution in [2.75, 3.05) is 26.9 Å². The molecule has 0 N–H and O–H groups in total. The minimum Gasteiger partial charge on any atom is -0.493 e. The van der Waals surface area contributed by atoms with Crippen molar-refractivity contribution in [3.05, 3.63) is 24.3 Å². The quantitative estimate of drug-likeness (QED) is 0.788. The van der Waals surface area contributed by atoms with Crippen molar-refractivity contribution in [3.8, 4) is 11.5 Å². The van der Waals surface area contributed by atoms with Crippen LogP contribution in [0.1, 0.15) is 12.8 Å². The molecule has 1 aromatic carbocycles. The second-order valence-electron chi connectivity index (χ2n) is 3.81. The van der Waals surface area contributed by atoms with Gasteiger partial charge in [-0.05, 0) is 18.6 Å². The van der Waals surface area contributed by atoms with E-state index in [0.717, 1.165) is 37.6 Å². The molecule has 4 heteroatoms.